The standard InChI is InChI=1S/C19H16O3/c1-2-18(20)22-19-13(9-14-11-21-14)7-8-16-15-6-4-3-5-12(15)10-17(16)19/h2-8,14H,1,9-11H2. The van der Waals surface area contributed by atoms with Crippen molar-refractivity contribution in [3.63, 3.8) is 0 Å². The van der Waals surface area contributed by atoms with E-state index < -0.39 is 5.97 Å². The second kappa shape index (κ2) is 5.11. The van der Waals surface area contributed by atoms with Crippen molar-refractivity contribution in [3.8, 4) is 16.9 Å². The van der Waals surface area contributed by atoms with E-state index in [1.165, 1.54) is 17.2 Å². The van der Waals surface area contributed by atoms with Gasteiger partial charge < -0.3 is 9.47 Å². The van der Waals surface area contributed by atoms with Crippen molar-refractivity contribution in [3.05, 3.63) is 65.7 Å². The molecule has 4 rings (SSSR count). The van der Waals surface area contributed by atoms with E-state index in [9.17, 15) is 4.79 Å². The Kier molecular flexibility index (Phi) is 3.09. The highest BCUT2D eigenvalue weighted by Gasteiger charge is 2.29. The van der Waals surface area contributed by atoms with Gasteiger partial charge in [0.2, 0.25) is 0 Å². The van der Waals surface area contributed by atoms with E-state index in [0.29, 0.717) is 5.75 Å². The zero-order chi connectivity index (χ0) is 15.1. The zero-order valence-electron chi connectivity index (χ0n) is 12.2. The van der Waals surface area contributed by atoms with Crippen molar-refractivity contribution in [2.75, 3.05) is 6.61 Å². The molecule has 1 heterocycles. The minimum Gasteiger partial charge on any atom is -0.423 e. The second-order valence-electron chi connectivity index (χ2n) is 5.70. The van der Waals surface area contributed by atoms with Crippen LogP contribution in [-0.4, -0.2) is 18.7 Å². The number of esters is 1. The Morgan fingerprint density at radius 1 is 1.27 bits per heavy atom. The molecule has 1 saturated heterocycles. The van der Waals surface area contributed by atoms with Gasteiger partial charge in [0.05, 0.1) is 12.7 Å². The van der Waals surface area contributed by atoms with Gasteiger partial charge in [0.15, 0.2) is 0 Å². The minimum absolute atomic E-state index is 0.253. The van der Waals surface area contributed by atoms with Crippen LogP contribution >= 0.6 is 0 Å². The normalized spacial score (nSPS) is 17.5. The van der Waals surface area contributed by atoms with Gasteiger partial charge in [-0.05, 0) is 22.3 Å². The summed E-state index contributed by atoms with van der Waals surface area (Å²) in [4.78, 5) is 11.7. The van der Waals surface area contributed by atoms with Gasteiger partial charge in [-0.1, -0.05) is 43.0 Å². The fourth-order valence-electron chi connectivity index (χ4n) is 3.09. The zero-order valence-corrected chi connectivity index (χ0v) is 12.2. The lowest BCUT2D eigenvalue weighted by molar-refractivity contribution is -0.129. The summed E-state index contributed by atoms with van der Waals surface area (Å²) in [6.45, 7) is 4.28. The predicted octanol–water partition coefficient (Wildman–Crippen LogP) is 3.29. The first-order valence-corrected chi connectivity index (χ1v) is 7.45. The molecular formula is C19H16O3. The van der Waals surface area contributed by atoms with Crippen molar-refractivity contribution < 1.29 is 14.3 Å². The molecule has 110 valence electrons. The number of fused-ring (bicyclic) bond motifs is 3. The highest BCUT2D eigenvalue weighted by molar-refractivity contribution is 5.86. The molecule has 0 spiro atoms. The van der Waals surface area contributed by atoms with Crippen LogP contribution in [0, 0.1) is 0 Å². The number of hydrogen-bond donors (Lipinski definition) is 0. The maximum absolute atomic E-state index is 11.7. The summed E-state index contributed by atoms with van der Waals surface area (Å²) in [5, 5.41) is 0. The lowest BCUT2D eigenvalue weighted by Crippen LogP contribution is -2.09. The quantitative estimate of drug-likeness (QED) is 0.320. The van der Waals surface area contributed by atoms with E-state index in [1.54, 1.807) is 0 Å². The molecular weight excluding hydrogens is 276 g/mol. The fraction of sp³-hybridized carbons (Fsp3) is 0.211. The van der Waals surface area contributed by atoms with Crippen molar-refractivity contribution >= 4 is 5.97 Å². The lowest BCUT2D eigenvalue weighted by Gasteiger charge is -2.13. The number of carbonyl (C=O) groups is 1. The highest BCUT2D eigenvalue weighted by atomic mass is 16.6. The van der Waals surface area contributed by atoms with E-state index in [0.717, 1.165) is 36.1 Å². The minimum atomic E-state index is -0.415. The Hall–Kier alpha value is -2.39. The topological polar surface area (TPSA) is 38.8 Å². The molecule has 3 heteroatoms. The monoisotopic (exact) mass is 292 g/mol. The summed E-state index contributed by atoms with van der Waals surface area (Å²) in [7, 11) is 0. The third-order valence-electron chi connectivity index (χ3n) is 4.24. The Labute approximate surface area is 129 Å². The predicted molar refractivity (Wildman–Crippen MR) is 84.0 cm³/mol. The molecule has 1 aliphatic carbocycles. The summed E-state index contributed by atoms with van der Waals surface area (Å²) >= 11 is 0. The molecule has 1 aliphatic heterocycles. The molecule has 22 heavy (non-hydrogen) atoms. The Balaban J connectivity index is 1.81. The van der Waals surface area contributed by atoms with Gasteiger partial charge >= 0.3 is 5.97 Å². The van der Waals surface area contributed by atoms with Crippen molar-refractivity contribution in [2.24, 2.45) is 0 Å². The van der Waals surface area contributed by atoms with Crippen molar-refractivity contribution in [1.82, 2.24) is 0 Å². The molecule has 0 amide bonds. The van der Waals surface area contributed by atoms with E-state index in [-0.39, 0.29) is 6.10 Å². The summed E-state index contributed by atoms with van der Waals surface area (Å²) in [6.07, 6.45) is 3.04. The number of rotatable bonds is 4. The average Bonchev–Trinajstić information content (AvgIpc) is 3.27. The average molecular weight is 292 g/mol. The number of ether oxygens (including phenoxy) is 2. The first-order valence-electron chi connectivity index (χ1n) is 7.45. The van der Waals surface area contributed by atoms with Crippen molar-refractivity contribution in [1.29, 1.82) is 0 Å². The van der Waals surface area contributed by atoms with E-state index in [1.807, 2.05) is 18.2 Å². The summed E-state index contributed by atoms with van der Waals surface area (Å²) in [6, 6.07) is 12.5. The number of hydrogen-bond acceptors (Lipinski definition) is 3. The fourth-order valence-corrected chi connectivity index (χ4v) is 3.09. The van der Waals surface area contributed by atoms with Crippen LogP contribution in [0.5, 0.6) is 5.75 Å². The van der Waals surface area contributed by atoms with E-state index in [2.05, 4.69) is 24.8 Å². The smallest absolute Gasteiger partial charge is 0.335 e. The number of carbonyl (C=O) groups excluding carboxylic acids is 1. The Bertz CT molecular complexity index is 772. The maximum atomic E-state index is 11.7. The highest BCUT2D eigenvalue weighted by Crippen LogP contribution is 2.43. The van der Waals surface area contributed by atoms with Crippen LogP contribution in [0.1, 0.15) is 16.7 Å². The molecule has 1 atom stereocenters. The Morgan fingerprint density at radius 3 is 2.86 bits per heavy atom. The van der Waals surface area contributed by atoms with Gasteiger partial charge in [0.1, 0.15) is 5.75 Å². The largest absolute Gasteiger partial charge is 0.423 e. The van der Waals surface area contributed by atoms with Crippen LogP contribution in [0.4, 0.5) is 0 Å². The van der Waals surface area contributed by atoms with Crippen LogP contribution in [0.3, 0.4) is 0 Å². The van der Waals surface area contributed by atoms with Crippen LogP contribution in [0.15, 0.2) is 49.1 Å². The molecule has 2 aromatic carbocycles. The third kappa shape index (κ3) is 2.24. The van der Waals surface area contributed by atoms with Crippen LogP contribution in [0.25, 0.3) is 11.1 Å². The van der Waals surface area contributed by atoms with Gasteiger partial charge in [-0.2, -0.15) is 0 Å². The molecule has 0 bridgehead atoms. The van der Waals surface area contributed by atoms with Gasteiger partial charge in [0.25, 0.3) is 0 Å². The number of epoxide rings is 1. The molecule has 3 nitrogen and oxygen atoms in total. The molecule has 2 aliphatic rings. The third-order valence-corrected chi connectivity index (χ3v) is 4.24. The van der Waals surface area contributed by atoms with E-state index in [4.69, 9.17) is 9.47 Å². The number of benzene rings is 2. The maximum Gasteiger partial charge on any atom is 0.335 e. The molecule has 1 fully saturated rings. The molecule has 0 aromatic heterocycles. The van der Waals surface area contributed by atoms with Crippen LogP contribution in [0.2, 0.25) is 0 Å². The molecule has 0 saturated carbocycles. The molecule has 2 aromatic rings. The lowest BCUT2D eigenvalue weighted by atomic mass is 9.99. The van der Waals surface area contributed by atoms with Gasteiger partial charge in [-0.25, -0.2) is 4.79 Å². The van der Waals surface area contributed by atoms with Crippen LogP contribution in [-0.2, 0) is 22.4 Å². The van der Waals surface area contributed by atoms with Crippen LogP contribution < -0.4 is 4.74 Å². The molecule has 0 radical (unpaired) electrons. The molecule has 1 unspecified atom stereocenters. The summed E-state index contributed by atoms with van der Waals surface area (Å²) < 4.78 is 10.9. The Morgan fingerprint density at radius 2 is 2.09 bits per heavy atom. The first-order chi connectivity index (χ1) is 10.8. The first kappa shape index (κ1) is 13.3. The van der Waals surface area contributed by atoms with Crippen molar-refractivity contribution in [2.45, 2.75) is 18.9 Å². The van der Waals surface area contributed by atoms with E-state index >= 15 is 0 Å². The SMILES string of the molecule is C=CC(=O)Oc1c(CC2CO2)ccc2c1Cc1ccccc1-2. The second-order valence-corrected chi connectivity index (χ2v) is 5.70. The van der Waals surface area contributed by atoms with Gasteiger partial charge in [-0.15, -0.1) is 0 Å². The van der Waals surface area contributed by atoms with Gasteiger partial charge in [-0.3, -0.25) is 0 Å². The summed E-state index contributed by atoms with van der Waals surface area (Å²) in [5.41, 5.74) is 5.78. The van der Waals surface area contributed by atoms with Gasteiger partial charge in [0, 0.05) is 24.5 Å². The molecule has 0 N–H and O–H groups in total. The summed E-state index contributed by atoms with van der Waals surface area (Å²) in [5.74, 6) is 0.274.